The van der Waals surface area contributed by atoms with Gasteiger partial charge in [0.1, 0.15) is 48.0 Å². The summed E-state index contributed by atoms with van der Waals surface area (Å²) in [5.41, 5.74) is 21.6. The van der Waals surface area contributed by atoms with Crippen LogP contribution >= 0.6 is 21.6 Å². The molecular formula is C58H69N11O9S2. The van der Waals surface area contributed by atoms with Crippen molar-refractivity contribution >= 4 is 90.5 Å². The molecule has 0 spiro atoms. The highest BCUT2D eigenvalue weighted by atomic mass is 33.1. The minimum Gasteiger partial charge on any atom is -0.508 e. The number of hydrogen-bond donors (Lipinski definition) is 12. The Morgan fingerprint density at radius 2 is 1.26 bits per heavy atom. The Kier molecular flexibility index (Phi) is 21.9. The van der Waals surface area contributed by atoms with Crippen LogP contribution in [-0.4, -0.2) is 124 Å². The second kappa shape index (κ2) is 29.3. The average molecular weight is 1130 g/mol. The minimum absolute atomic E-state index is 0.0245. The van der Waals surface area contributed by atoms with Crippen LogP contribution in [0, 0.1) is 0 Å². The van der Waals surface area contributed by atoms with Crippen LogP contribution in [0.1, 0.15) is 54.9 Å². The molecule has 6 aromatic rings. The lowest BCUT2D eigenvalue weighted by Gasteiger charge is -2.28. The monoisotopic (exact) mass is 1130 g/mol. The lowest BCUT2D eigenvalue weighted by Crippen LogP contribution is -2.61. The molecule has 5 aromatic carbocycles. The fourth-order valence-electron chi connectivity index (χ4n) is 9.22. The quantitative estimate of drug-likeness (QED) is 0.0435. The zero-order valence-corrected chi connectivity index (χ0v) is 45.9. The minimum atomic E-state index is -1.39. The van der Waals surface area contributed by atoms with Crippen molar-refractivity contribution < 1.29 is 43.5 Å². The van der Waals surface area contributed by atoms with Gasteiger partial charge >= 0.3 is 0 Å². The zero-order chi connectivity index (χ0) is 57.1. The van der Waals surface area contributed by atoms with Crippen molar-refractivity contribution in [2.45, 2.75) is 107 Å². The van der Waals surface area contributed by atoms with E-state index in [0.717, 1.165) is 48.8 Å². The Labute approximate surface area is 471 Å². The maximum Gasteiger partial charge on any atom is 0.244 e. The summed E-state index contributed by atoms with van der Waals surface area (Å²) in [4.78, 5) is 118. The van der Waals surface area contributed by atoms with Crippen LogP contribution in [0.3, 0.4) is 0 Å². The van der Waals surface area contributed by atoms with Gasteiger partial charge in [-0.3, -0.25) is 38.4 Å². The number of nitrogens with one attached hydrogen (secondary N) is 8. The molecule has 7 rings (SSSR count). The number of primary amides is 1. The van der Waals surface area contributed by atoms with E-state index in [1.54, 1.807) is 37.4 Å². The Balaban J connectivity index is 1.24. The maximum atomic E-state index is 14.9. The maximum absolute atomic E-state index is 14.9. The van der Waals surface area contributed by atoms with E-state index in [4.69, 9.17) is 17.2 Å². The van der Waals surface area contributed by atoms with Crippen molar-refractivity contribution in [1.29, 1.82) is 0 Å². The number of amides is 8. The molecule has 15 N–H and O–H groups in total. The van der Waals surface area contributed by atoms with Crippen LogP contribution in [-0.2, 0) is 64.0 Å². The highest BCUT2D eigenvalue weighted by molar-refractivity contribution is 8.76. The first-order valence-corrected chi connectivity index (χ1v) is 29.0. The Morgan fingerprint density at radius 1 is 0.650 bits per heavy atom. The predicted octanol–water partition coefficient (Wildman–Crippen LogP) is 2.44. The van der Waals surface area contributed by atoms with Gasteiger partial charge in [0.05, 0.1) is 6.04 Å². The number of benzene rings is 5. The summed E-state index contributed by atoms with van der Waals surface area (Å²) < 4.78 is 0. The van der Waals surface area contributed by atoms with E-state index < -0.39 is 95.6 Å². The van der Waals surface area contributed by atoms with Gasteiger partial charge in [0, 0.05) is 47.9 Å². The van der Waals surface area contributed by atoms with Gasteiger partial charge in [-0.25, -0.2) is 0 Å². The molecule has 22 heteroatoms. The molecule has 1 aliphatic heterocycles. The summed E-state index contributed by atoms with van der Waals surface area (Å²) in [5, 5.41) is 32.3. The van der Waals surface area contributed by atoms with E-state index >= 15 is 0 Å². The zero-order valence-electron chi connectivity index (χ0n) is 44.3. The number of nitrogens with two attached hydrogens (primary N) is 3. The largest absolute Gasteiger partial charge is 0.508 e. The molecular weight excluding hydrogens is 1060 g/mol. The molecule has 0 bridgehead atoms. The molecule has 0 unspecified atom stereocenters. The molecule has 422 valence electrons. The second-order valence-corrected chi connectivity index (χ2v) is 22.3. The van der Waals surface area contributed by atoms with E-state index in [2.05, 4.69) is 42.2 Å². The van der Waals surface area contributed by atoms with Crippen molar-refractivity contribution in [1.82, 2.24) is 42.2 Å². The van der Waals surface area contributed by atoms with Crippen molar-refractivity contribution in [2.75, 3.05) is 18.1 Å². The third-order valence-corrected chi connectivity index (χ3v) is 16.2. The molecule has 20 nitrogen and oxygen atoms in total. The summed E-state index contributed by atoms with van der Waals surface area (Å²) >= 11 is 0. The first-order chi connectivity index (χ1) is 38.6. The molecule has 1 aliphatic rings. The van der Waals surface area contributed by atoms with Gasteiger partial charge in [-0.05, 0) is 89.9 Å². The molecule has 2 heterocycles. The van der Waals surface area contributed by atoms with Gasteiger partial charge in [0.2, 0.25) is 47.3 Å². The second-order valence-electron chi connectivity index (χ2n) is 19.7. The third kappa shape index (κ3) is 17.0. The molecule has 1 aromatic heterocycles. The number of aromatic hydroxyl groups is 1. The van der Waals surface area contributed by atoms with Gasteiger partial charge < -0.3 is 64.5 Å². The highest BCUT2D eigenvalue weighted by Crippen LogP contribution is 2.25. The van der Waals surface area contributed by atoms with E-state index in [1.807, 2.05) is 84.9 Å². The first kappa shape index (κ1) is 59.7. The van der Waals surface area contributed by atoms with E-state index in [0.29, 0.717) is 36.1 Å². The van der Waals surface area contributed by atoms with Crippen LogP contribution in [0.15, 0.2) is 128 Å². The van der Waals surface area contributed by atoms with Gasteiger partial charge in [-0.2, -0.15) is 0 Å². The van der Waals surface area contributed by atoms with Gasteiger partial charge in [0.25, 0.3) is 0 Å². The van der Waals surface area contributed by atoms with Crippen molar-refractivity contribution in [3.63, 3.8) is 0 Å². The van der Waals surface area contributed by atoms with Crippen LogP contribution < -0.4 is 54.4 Å². The standard InChI is InChI=1S/C58H69N11O9S2/c1-2-43-53(73)69-50(57(77)65-46(51(61)71)29-36-19-22-37-14-6-7-15-38(37)26-36)33-80-79-32-49(68-52(72)42(60)27-34-12-4-3-5-13-34)58(78)66-47(28-35-20-23-40(70)24-21-35)55(75)67-48(30-39-31-62-44-17-9-8-16-41(39)44)56(76)64-45(54(74)63-43)18-10-11-25-59/h3-9,12-17,19-24,26,31,42-43,45-50,62,70H,2,10-11,18,25,27-30,32-33,59-60H2,1H3,(H2,61,71)(H,63,74)(H,64,76)(H,65,77)(H,66,78)(H,67,75)(H,68,72)(H,69,73)/t42-,43+,45+,46+,47+,48-,49+,50+/m1/s1. The number of H-pyrrole nitrogens is 1. The molecule has 80 heavy (non-hydrogen) atoms. The number of para-hydroxylation sites is 1. The number of rotatable bonds is 18. The summed E-state index contributed by atoms with van der Waals surface area (Å²) in [7, 11) is 2.13. The first-order valence-electron chi connectivity index (χ1n) is 26.6. The molecule has 8 amide bonds. The highest BCUT2D eigenvalue weighted by Gasteiger charge is 2.35. The van der Waals surface area contributed by atoms with Crippen molar-refractivity contribution in [3.05, 3.63) is 150 Å². The fraction of sp³-hybridized carbons (Fsp3) is 0.345. The molecule has 8 atom stereocenters. The fourth-order valence-corrected chi connectivity index (χ4v) is 11.5. The molecule has 0 radical (unpaired) electrons. The van der Waals surface area contributed by atoms with Gasteiger partial charge in [-0.15, -0.1) is 0 Å². The van der Waals surface area contributed by atoms with Crippen LogP contribution in [0.4, 0.5) is 0 Å². The Bertz CT molecular complexity index is 3130. The Morgan fingerprint density at radius 3 is 1.99 bits per heavy atom. The lowest BCUT2D eigenvalue weighted by atomic mass is 10.0. The number of aromatic nitrogens is 1. The van der Waals surface area contributed by atoms with Crippen molar-refractivity contribution in [3.8, 4) is 5.75 Å². The molecule has 0 aliphatic carbocycles. The smallest absolute Gasteiger partial charge is 0.244 e. The predicted molar refractivity (Wildman–Crippen MR) is 310 cm³/mol. The van der Waals surface area contributed by atoms with E-state index in [-0.39, 0.29) is 55.8 Å². The number of hydrogen-bond acceptors (Lipinski definition) is 13. The summed E-state index contributed by atoms with van der Waals surface area (Å²) in [5.74, 6) is -6.45. The number of phenolic OH excluding ortho intramolecular Hbond substituents is 1. The van der Waals surface area contributed by atoms with Crippen LogP contribution in [0.5, 0.6) is 5.75 Å². The number of phenols is 1. The van der Waals surface area contributed by atoms with Crippen LogP contribution in [0.25, 0.3) is 21.7 Å². The number of unbranched alkanes of at least 4 members (excludes halogenated alkanes) is 1. The van der Waals surface area contributed by atoms with Gasteiger partial charge in [0.15, 0.2) is 0 Å². The summed E-state index contributed by atoms with van der Waals surface area (Å²) in [6.45, 7) is 1.95. The third-order valence-electron chi connectivity index (χ3n) is 13.7. The average Bonchev–Trinajstić information content (AvgIpc) is 3.87. The van der Waals surface area contributed by atoms with E-state index in [1.165, 1.54) is 12.1 Å². The number of carbonyl (C=O) groups is 8. The normalized spacial score (nSPS) is 20.7. The topological polar surface area (TPSA) is 335 Å². The number of fused-ring (bicyclic) bond motifs is 2. The number of aromatic amines is 1. The summed E-state index contributed by atoms with van der Waals surface area (Å²) in [6.07, 6.45) is 2.68. The molecule has 1 saturated heterocycles. The van der Waals surface area contributed by atoms with E-state index in [9.17, 15) is 43.5 Å². The summed E-state index contributed by atoms with van der Waals surface area (Å²) in [6, 6.07) is 25.4. The number of carbonyl (C=O) groups excluding carboxylic acids is 8. The molecule has 1 fully saturated rings. The Hall–Kier alpha value is -7.92. The molecule has 0 saturated carbocycles. The van der Waals surface area contributed by atoms with Crippen molar-refractivity contribution in [2.24, 2.45) is 17.2 Å². The van der Waals surface area contributed by atoms with Gasteiger partial charge in [-0.1, -0.05) is 132 Å². The van der Waals surface area contributed by atoms with Crippen LogP contribution in [0.2, 0.25) is 0 Å². The lowest BCUT2D eigenvalue weighted by molar-refractivity contribution is -0.135. The SMILES string of the molecule is CC[C@@H]1NC(=O)[C@H](CCCCN)NC(=O)[C@@H](Cc2c[nH]c3ccccc23)NC(=O)[C@H](Cc2ccc(O)cc2)NC(=O)[C@@H](NC(=O)[C@H](N)Cc2ccccc2)CSSC[C@@H](C(=O)N[C@@H](Cc2ccc3ccccc3c2)C(N)=O)NC1=O.